The highest BCUT2D eigenvalue weighted by Gasteiger charge is 2.30. The average molecular weight is 302 g/mol. The SMILES string of the molecule is O=C(NC(c1cccnc1)C1CCOCC1)C1CCCCC1. The van der Waals surface area contributed by atoms with Gasteiger partial charge in [0.2, 0.25) is 5.91 Å². The van der Waals surface area contributed by atoms with Gasteiger partial charge in [-0.1, -0.05) is 25.3 Å². The van der Waals surface area contributed by atoms with E-state index in [9.17, 15) is 4.79 Å². The van der Waals surface area contributed by atoms with Crippen LogP contribution in [-0.2, 0) is 9.53 Å². The summed E-state index contributed by atoms with van der Waals surface area (Å²) in [5.74, 6) is 0.887. The van der Waals surface area contributed by atoms with Gasteiger partial charge >= 0.3 is 0 Å². The fourth-order valence-corrected chi connectivity index (χ4v) is 3.72. The molecule has 4 heteroatoms. The van der Waals surface area contributed by atoms with Crippen LogP contribution in [0.5, 0.6) is 0 Å². The summed E-state index contributed by atoms with van der Waals surface area (Å²) in [5.41, 5.74) is 1.12. The molecule has 0 aromatic carbocycles. The first-order valence-corrected chi connectivity index (χ1v) is 8.62. The van der Waals surface area contributed by atoms with Gasteiger partial charge in [0.1, 0.15) is 0 Å². The third-order valence-electron chi connectivity index (χ3n) is 5.05. The maximum atomic E-state index is 12.7. The van der Waals surface area contributed by atoms with E-state index in [1.807, 2.05) is 12.3 Å². The van der Waals surface area contributed by atoms with Crippen molar-refractivity contribution in [3.8, 4) is 0 Å². The first-order valence-electron chi connectivity index (χ1n) is 8.62. The van der Waals surface area contributed by atoms with Crippen LogP contribution < -0.4 is 5.32 Å². The molecule has 1 N–H and O–H groups in total. The molecule has 1 aliphatic heterocycles. The Morgan fingerprint density at radius 3 is 2.64 bits per heavy atom. The van der Waals surface area contributed by atoms with Crippen molar-refractivity contribution in [2.45, 2.75) is 51.0 Å². The number of carbonyl (C=O) groups excluding carboxylic acids is 1. The van der Waals surface area contributed by atoms with Crippen LogP contribution in [0.3, 0.4) is 0 Å². The lowest BCUT2D eigenvalue weighted by molar-refractivity contribution is -0.127. The van der Waals surface area contributed by atoms with E-state index in [4.69, 9.17) is 4.74 Å². The Morgan fingerprint density at radius 1 is 1.18 bits per heavy atom. The van der Waals surface area contributed by atoms with Gasteiger partial charge in [-0.2, -0.15) is 0 Å². The van der Waals surface area contributed by atoms with Crippen molar-refractivity contribution >= 4 is 5.91 Å². The summed E-state index contributed by atoms with van der Waals surface area (Å²) >= 11 is 0. The minimum absolute atomic E-state index is 0.0760. The van der Waals surface area contributed by atoms with Crippen LogP contribution in [0.25, 0.3) is 0 Å². The van der Waals surface area contributed by atoms with Crippen LogP contribution in [0.4, 0.5) is 0 Å². The Hall–Kier alpha value is -1.42. The van der Waals surface area contributed by atoms with Gasteiger partial charge in [-0.3, -0.25) is 9.78 Å². The van der Waals surface area contributed by atoms with E-state index in [-0.39, 0.29) is 17.9 Å². The number of aromatic nitrogens is 1. The fraction of sp³-hybridized carbons (Fsp3) is 0.667. The highest BCUT2D eigenvalue weighted by molar-refractivity contribution is 5.79. The Bertz CT molecular complexity index is 465. The maximum absolute atomic E-state index is 12.7. The van der Waals surface area contributed by atoms with E-state index in [1.54, 1.807) is 6.20 Å². The molecule has 0 spiro atoms. The van der Waals surface area contributed by atoms with E-state index < -0.39 is 0 Å². The molecule has 2 aliphatic rings. The van der Waals surface area contributed by atoms with Gasteiger partial charge in [0.05, 0.1) is 6.04 Å². The number of nitrogens with one attached hydrogen (secondary N) is 1. The highest BCUT2D eigenvalue weighted by Crippen LogP contribution is 2.31. The number of ether oxygens (including phenoxy) is 1. The van der Waals surface area contributed by atoms with Crippen LogP contribution in [0, 0.1) is 11.8 Å². The number of hydrogen-bond acceptors (Lipinski definition) is 3. The van der Waals surface area contributed by atoms with Gasteiger partial charge in [-0.05, 0) is 43.2 Å². The van der Waals surface area contributed by atoms with Crippen LogP contribution in [-0.4, -0.2) is 24.1 Å². The fourth-order valence-electron chi connectivity index (χ4n) is 3.72. The lowest BCUT2D eigenvalue weighted by Crippen LogP contribution is -2.39. The Balaban J connectivity index is 1.71. The molecular weight excluding hydrogens is 276 g/mol. The summed E-state index contributed by atoms with van der Waals surface area (Å²) in [6.45, 7) is 1.58. The highest BCUT2D eigenvalue weighted by atomic mass is 16.5. The first kappa shape index (κ1) is 15.5. The van der Waals surface area contributed by atoms with Gasteiger partial charge in [-0.25, -0.2) is 0 Å². The van der Waals surface area contributed by atoms with Crippen LogP contribution in [0.1, 0.15) is 56.6 Å². The standard InChI is InChI=1S/C18H26N2O2/c21-18(15-5-2-1-3-6-15)20-17(14-8-11-22-12-9-14)16-7-4-10-19-13-16/h4,7,10,13-15,17H,1-3,5-6,8-9,11-12H2,(H,20,21). The zero-order chi connectivity index (χ0) is 15.2. The predicted molar refractivity (Wildman–Crippen MR) is 85.2 cm³/mol. The number of pyridine rings is 1. The second-order valence-corrected chi connectivity index (χ2v) is 6.56. The number of nitrogens with zero attached hydrogens (tertiary/aromatic N) is 1. The average Bonchev–Trinajstić information content (AvgIpc) is 2.62. The summed E-state index contributed by atoms with van der Waals surface area (Å²) in [7, 11) is 0. The third kappa shape index (κ3) is 3.86. The van der Waals surface area contributed by atoms with Crippen molar-refractivity contribution < 1.29 is 9.53 Å². The van der Waals surface area contributed by atoms with E-state index in [1.165, 1.54) is 19.3 Å². The Labute approximate surface area is 132 Å². The van der Waals surface area contributed by atoms with Crippen molar-refractivity contribution in [3.63, 3.8) is 0 Å². The summed E-state index contributed by atoms with van der Waals surface area (Å²) < 4.78 is 5.48. The summed E-state index contributed by atoms with van der Waals surface area (Å²) in [6, 6.07) is 4.11. The molecule has 3 rings (SSSR count). The molecule has 1 aliphatic carbocycles. The van der Waals surface area contributed by atoms with Crippen molar-refractivity contribution in [2.24, 2.45) is 11.8 Å². The smallest absolute Gasteiger partial charge is 0.223 e. The van der Waals surface area contributed by atoms with Crippen LogP contribution >= 0.6 is 0 Å². The third-order valence-corrected chi connectivity index (χ3v) is 5.05. The molecule has 1 saturated carbocycles. The minimum atomic E-state index is 0.0760. The van der Waals surface area contributed by atoms with Gasteiger partial charge in [0.15, 0.2) is 0 Å². The van der Waals surface area contributed by atoms with Gasteiger partial charge in [0.25, 0.3) is 0 Å². The maximum Gasteiger partial charge on any atom is 0.223 e. The normalized spacial score (nSPS) is 22.2. The number of hydrogen-bond donors (Lipinski definition) is 1. The van der Waals surface area contributed by atoms with Crippen LogP contribution in [0.2, 0.25) is 0 Å². The molecule has 1 saturated heterocycles. The molecular formula is C18H26N2O2. The monoisotopic (exact) mass is 302 g/mol. The van der Waals surface area contributed by atoms with Gasteiger partial charge in [0, 0.05) is 31.5 Å². The molecule has 2 fully saturated rings. The topological polar surface area (TPSA) is 51.2 Å². The molecule has 1 aromatic heterocycles. The molecule has 1 unspecified atom stereocenters. The van der Waals surface area contributed by atoms with E-state index in [0.717, 1.165) is 44.5 Å². The van der Waals surface area contributed by atoms with Crippen LogP contribution in [0.15, 0.2) is 24.5 Å². The number of amides is 1. The molecule has 22 heavy (non-hydrogen) atoms. The molecule has 1 atom stereocenters. The van der Waals surface area contributed by atoms with Crippen molar-refractivity contribution in [1.82, 2.24) is 10.3 Å². The molecule has 1 amide bonds. The Morgan fingerprint density at radius 2 is 1.95 bits per heavy atom. The minimum Gasteiger partial charge on any atom is -0.381 e. The zero-order valence-corrected chi connectivity index (χ0v) is 13.2. The predicted octanol–water partition coefficient (Wildman–Crippen LogP) is 3.25. The lowest BCUT2D eigenvalue weighted by Gasteiger charge is -2.32. The quantitative estimate of drug-likeness (QED) is 0.929. The lowest BCUT2D eigenvalue weighted by atomic mass is 9.85. The number of rotatable bonds is 4. The molecule has 0 radical (unpaired) electrons. The molecule has 2 heterocycles. The summed E-state index contributed by atoms with van der Waals surface area (Å²) in [6.07, 6.45) is 11.4. The van der Waals surface area contributed by atoms with Gasteiger partial charge in [-0.15, -0.1) is 0 Å². The molecule has 120 valence electrons. The largest absolute Gasteiger partial charge is 0.381 e. The van der Waals surface area contributed by atoms with Gasteiger partial charge < -0.3 is 10.1 Å². The summed E-state index contributed by atoms with van der Waals surface area (Å²) in [5, 5.41) is 3.34. The zero-order valence-electron chi connectivity index (χ0n) is 13.2. The van der Waals surface area contributed by atoms with Crippen molar-refractivity contribution in [1.29, 1.82) is 0 Å². The summed E-state index contributed by atoms with van der Waals surface area (Å²) in [4.78, 5) is 16.9. The molecule has 4 nitrogen and oxygen atoms in total. The van der Waals surface area contributed by atoms with Crippen molar-refractivity contribution in [3.05, 3.63) is 30.1 Å². The Kier molecular flexibility index (Phi) is 5.43. The van der Waals surface area contributed by atoms with E-state index in [0.29, 0.717) is 5.92 Å². The first-order chi connectivity index (χ1) is 10.8. The van der Waals surface area contributed by atoms with Crippen molar-refractivity contribution in [2.75, 3.05) is 13.2 Å². The van der Waals surface area contributed by atoms with E-state index in [2.05, 4.69) is 16.4 Å². The number of carbonyl (C=O) groups is 1. The molecule has 1 aromatic rings. The van der Waals surface area contributed by atoms with E-state index >= 15 is 0 Å². The second-order valence-electron chi connectivity index (χ2n) is 6.56. The molecule has 0 bridgehead atoms. The second kappa shape index (κ2) is 7.73.